The van der Waals surface area contributed by atoms with Crippen LogP contribution in [0.2, 0.25) is 0 Å². The molecule has 0 unspecified atom stereocenters. The Morgan fingerprint density at radius 1 is 1.03 bits per heavy atom. The van der Waals surface area contributed by atoms with Crippen molar-refractivity contribution in [2.24, 2.45) is 0 Å². The van der Waals surface area contributed by atoms with Crippen LogP contribution in [0.3, 0.4) is 0 Å². The van der Waals surface area contributed by atoms with Crippen molar-refractivity contribution in [2.45, 2.75) is 33.0 Å². The van der Waals surface area contributed by atoms with Crippen LogP contribution in [0.1, 0.15) is 29.8 Å². The number of benzene rings is 2. The third-order valence-corrected chi connectivity index (χ3v) is 4.76. The average Bonchev–Trinajstić information content (AvgIpc) is 3.33. The molecule has 3 aromatic rings. The molecule has 184 valence electrons. The van der Waals surface area contributed by atoms with E-state index in [0.29, 0.717) is 22.7 Å². The van der Waals surface area contributed by atoms with Crippen molar-refractivity contribution in [1.29, 1.82) is 0 Å². The van der Waals surface area contributed by atoms with Crippen LogP contribution in [0.15, 0.2) is 60.9 Å². The zero-order valence-corrected chi connectivity index (χ0v) is 19.9. The van der Waals surface area contributed by atoms with E-state index in [9.17, 15) is 14.4 Å². The Hall–Kier alpha value is -4.34. The molecule has 0 radical (unpaired) electrons. The van der Waals surface area contributed by atoms with Gasteiger partial charge in [0.1, 0.15) is 6.54 Å². The molecule has 3 N–H and O–H groups in total. The predicted octanol–water partition coefficient (Wildman–Crippen LogP) is 2.36. The molecule has 3 amide bonds. The molecule has 0 bridgehead atoms. The lowest BCUT2D eigenvalue weighted by Gasteiger charge is -2.13. The normalized spacial score (nSPS) is 10.5. The van der Waals surface area contributed by atoms with Crippen molar-refractivity contribution in [3.8, 4) is 11.5 Å². The molecule has 0 saturated carbocycles. The van der Waals surface area contributed by atoms with Gasteiger partial charge in [-0.2, -0.15) is 5.10 Å². The van der Waals surface area contributed by atoms with Gasteiger partial charge in [0.15, 0.2) is 18.1 Å². The molecule has 0 fully saturated rings. The second-order valence-electron chi connectivity index (χ2n) is 8.01. The van der Waals surface area contributed by atoms with E-state index in [1.165, 1.54) is 11.8 Å². The molecule has 3 rings (SSSR count). The molecule has 0 spiro atoms. The first-order chi connectivity index (χ1) is 16.8. The van der Waals surface area contributed by atoms with E-state index in [1.807, 2.05) is 19.9 Å². The summed E-state index contributed by atoms with van der Waals surface area (Å²) in [6.07, 6.45) is 3.32. The van der Waals surface area contributed by atoms with Crippen molar-refractivity contribution in [3.63, 3.8) is 0 Å². The summed E-state index contributed by atoms with van der Waals surface area (Å²) >= 11 is 0. The number of hydrogen-bond donors (Lipinski definition) is 3. The molecule has 0 aliphatic heterocycles. The van der Waals surface area contributed by atoms with Gasteiger partial charge >= 0.3 is 0 Å². The predicted molar refractivity (Wildman–Crippen MR) is 130 cm³/mol. The number of anilines is 1. The smallest absolute Gasteiger partial charge is 0.258 e. The van der Waals surface area contributed by atoms with Crippen molar-refractivity contribution < 1.29 is 23.9 Å². The summed E-state index contributed by atoms with van der Waals surface area (Å²) in [5, 5.41) is 12.4. The van der Waals surface area contributed by atoms with Crippen LogP contribution in [0.25, 0.3) is 0 Å². The zero-order valence-electron chi connectivity index (χ0n) is 19.9. The highest BCUT2D eigenvalue weighted by Crippen LogP contribution is 2.28. The third kappa shape index (κ3) is 7.88. The van der Waals surface area contributed by atoms with Crippen LogP contribution in [0, 0.1) is 0 Å². The SMILES string of the molecule is COc1cc(C(=O)NCc2cccc(NC(=O)Cn3cccn3)c2)ccc1OCC(=O)NC(C)C. The van der Waals surface area contributed by atoms with Crippen LogP contribution in [0.4, 0.5) is 5.69 Å². The maximum Gasteiger partial charge on any atom is 0.258 e. The first kappa shape index (κ1) is 25.3. The maximum absolute atomic E-state index is 12.7. The fraction of sp³-hybridized carbons (Fsp3) is 0.280. The summed E-state index contributed by atoms with van der Waals surface area (Å²) in [6.45, 7) is 3.94. The number of ether oxygens (including phenoxy) is 2. The van der Waals surface area contributed by atoms with E-state index in [0.717, 1.165) is 5.56 Å². The van der Waals surface area contributed by atoms with Gasteiger partial charge in [0, 0.05) is 36.2 Å². The summed E-state index contributed by atoms with van der Waals surface area (Å²) < 4.78 is 12.4. The van der Waals surface area contributed by atoms with Crippen LogP contribution < -0.4 is 25.4 Å². The number of rotatable bonds is 11. The molecule has 1 heterocycles. The minimum Gasteiger partial charge on any atom is -0.493 e. The van der Waals surface area contributed by atoms with Crippen LogP contribution in [-0.2, 0) is 22.7 Å². The van der Waals surface area contributed by atoms with Crippen LogP contribution in [0.5, 0.6) is 11.5 Å². The van der Waals surface area contributed by atoms with Gasteiger partial charge < -0.3 is 25.4 Å². The Morgan fingerprint density at radius 3 is 2.57 bits per heavy atom. The number of nitrogens with one attached hydrogen (secondary N) is 3. The van der Waals surface area contributed by atoms with E-state index in [4.69, 9.17) is 9.47 Å². The van der Waals surface area contributed by atoms with Crippen LogP contribution in [-0.4, -0.2) is 47.3 Å². The molecule has 10 heteroatoms. The Labute approximate surface area is 203 Å². The van der Waals surface area contributed by atoms with E-state index >= 15 is 0 Å². The van der Waals surface area contributed by atoms with E-state index < -0.39 is 0 Å². The van der Waals surface area contributed by atoms with Gasteiger partial charge in [-0.25, -0.2) is 0 Å². The number of aromatic nitrogens is 2. The Morgan fingerprint density at radius 2 is 1.86 bits per heavy atom. The van der Waals surface area contributed by atoms with Gasteiger partial charge in [-0.05, 0) is 55.8 Å². The molecule has 0 aliphatic rings. The fourth-order valence-corrected chi connectivity index (χ4v) is 3.22. The van der Waals surface area contributed by atoms with Crippen molar-refractivity contribution >= 4 is 23.4 Å². The number of amides is 3. The number of nitrogens with zero attached hydrogens (tertiary/aromatic N) is 2. The highest BCUT2D eigenvalue weighted by molar-refractivity contribution is 5.95. The van der Waals surface area contributed by atoms with E-state index in [-0.39, 0.29) is 43.5 Å². The number of carbonyl (C=O) groups is 3. The summed E-state index contributed by atoms with van der Waals surface area (Å²) in [5.74, 6) is -0.0476. The van der Waals surface area contributed by atoms with Crippen LogP contribution >= 0.6 is 0 Å². The first-order valence-electron chi connectivity index (χ1n) is 11.1. The molecule has 1 aromatic heterocycles. The van der Waals surface area contributed by atoms with Gasteiger partial charge in [0.05, 0.1) is 7.11 Å². The summed E-state index contributed by atoms with van der Waals surface area (Å²) in [6, 6.07) is 13.7. The summed E-state index contributed by atoms with van der Waals surface area (Å²) in [4.78, 5) is 36.7. The van der Waals surface area contributed by atoms with Gasteiger partial charge in [-0.15, -0.1) is 0 Å². The maximum atomic E-state index is 12.7. The second-order valence-corrected chi connectivity index (χ2v) is 8.01. The molecule has 35 heavy (non-hydrogen) atoms. The molecule has 0 saturated heterocycles. The Kier molecular flexibility index (Phi) is 8.82. The monoisotopic (exact) mass is 479 g/mol. The standard InChI is InChI=1S/C25H29N5O5/c1-17(2)28-24(32)16-35-21-9-8-19(13-22(21)34-3)25(33)26-14-18-6-4-7-20(12-18)29-23(31)15-30-11-5-10-27-30/h4-13,17H,14-16H2,1-3H3,(H,26,33)(H,28,32)(H,29,31). The third-order valence-electron chi connectivity index (χ3n) is 4.76. The molecule has 0 aliphatic carbocycles. The summed E-state index contributed by atoms with van der Waals surface area (Å²) in [5.41, 5.74) is 1.82. The second kappa shape index (κ2) is 12.2. The Balaban J connectivity index is 1.55. The lowest BCUT2D eigenvalue weighted by Crippen LogP contribution is -2.34. The lowest BCUT2D eigenvalue weighted by atomic mass is 10.1. The lowest BCUT2D eigenvalue weighted by molar-refractivity contribution is -0.123. The van der Waals surface area contributed by atoms with Gasteiger partial charge in [0.2, 0.25) is 5.91 Å². The minimum atomic E-state index is -0.305. The first-order valence-corrected chi connectivity index (χ1v) is 11.1. The van der Waals surface area contributed by atoms with Crippen molar-refractivity contribution in [2.75, 3.05) is 19.0 Å². The van der Waals surface area contributed by atoms with Gasteiger partial charge in [-0.1, -0.05) is 12.1 Å². The topological polar surface area (TPSA) is 124 Å². The van der Waals surface area contributed by atoms with E-state index in [2.05, 4.69) is 21.0 Å². The molecular formula is C25H29N5O5. The molecular weight excluding hydrogens is 450 g/mol. The highest BCUT2D eigenvalue weighted by Gasteiger charge is 2.13. The van der Waals surface area contributed by atoms with Crippen molar-refractivity contribution in [3.05, 3.63) is 72.1 Å². The largest absolute Gasteiger partial charge is 0.493 e. The molecule has 10 nitrogen and oxygen atoms in total. The van der Waals surface area contributed by atoms with Gasteiger partial charge in [-0.3, -0.25) is 19.1 Å². The quantitative estimate of drug-likeness (QED) is 0.388. The molecule has 0 atom stereocenters. The van der Waals surface area contributed by atoms with Gasteiger partial charge in [0.25, 0.3) is 11.8 Å². The number of hydrogen-bond acceptors (Lipinski definition) is 6. The zero-order chi connectivity index (χ0) is 25.2. The molecule has 2 aromatic carbocycles. The Bertz CT molecular complexity index is 1160. The number of methoxy groups -OCH3 is 1. The fourth-order valence-electron chi connectivity index (χ4n) is 3.22. The van der Waals surface area contributed by atoms with E-state index in [1.54, 1.807) is 54.9 Å². The average molecular weight is 480 g/mol. The van der Waals surface area contributed by atoms with Crippen molar-refractivity contribution in [1.82, 2.24) is 20.4 Å². The number of carbonyl (C=O) groups excluding carboxylic acids is 3. The minimum absolute atomic E-state index is 0.0121. The highest BCUT2D eigenvalue weighted by atomic mass is 16.5. The summed E-state index contributed by atoms with van der Waals surface area (Å²) in [7, 11) is 1.46.